The van der Waals surface area contributed by atoms with Crippen LogP contribution < -0.4 is 11.5 Å². The highest BCUT2D eigenvalue weighted by molar-refractivity contribution is 5.29. The lowest BCUT2D eigenvalue weighted by Gasteiger charge is -2.58. The van der Waals surface area contributed by atoms with Crippen molar-refractivity contribution in [1.82, 2.24) is 0 Å². The van der Waals surface area contributed by atoms with Gasteiger partial charge in [-0.1, -0.05) is 25.5 Å². The van der Waals surface area contributed by atoms with Crippen LogP contribution in [0.1, 0.15) is 58.8 Å². The molecular formula is C19H30N2O. The second-order valence-corrected chi connectivity index (χ2v) is 8.90. The van der Waals surface area contributed by atoms with Gasteiger partial charge in [0, 0.05) is 5.41 Å². The van der Waals surface area contributed by atoms with Crippen molar-refractivity contribution in [3.05, 3.63) is 23.5 Å². The first kappa shape index (κ1) is 14.8. The highest BCUT2D eigenvalue weighted by Crippen LogP contribution is 2.65. The van der Waals surface area contributed by atoms with Gasteiger partial charge in [-0.3, -0.25) is 0 Å². The van der Waals surface area contributed by atoms with Gasteiger partial charge in [-0.25, -0.2) is 0 Å². The van der Waals surface area contributed by atoms with Gasteiger partial charge < -0.3 is 16.6 Å². The summed E-state index contributed by atoms with van der Waals surface area (Å²) < 4.78 is 0. The molecule has 0 aromatic carbocycles. The maximum Gasteiger partial charge on any atom is 0.0944 e. The average Bonchev–Trinajstić information content (AvgIpc) is 2.76. The maximum atomic E-state index is 10.4. The van der Waals surface area contributed by atoms with Crippen molar-refractivity contribution in [2.75, 3.05) is 0 Å². The Morgan fingerprint density at radius 3 is 2.59 bits per heavy atom. The molecule has 0 spiro atoms. The van der Waals surface area contributed by atoms with Gasteiger partial charge in [-0.2, -0.15) is 0 Å². The molecule has 0 aromatic rings. The Balaban J connectivity index is 1.68. The first-order valence-electron chi connectivity index (χ1n) is 8.96. The molecule has 0 saturated heterocycles. The Kier molecular flexibility index (Phi) is 2.95. The standard InChI is InChI=1S/C19H30N2O/c1-17-9-10-19(20,21)11-12(17)3-4-13-14-5-6-16(22)18(14,2)8-7-15(13)17/h6,11,13-15,22H,3-5,7-10,20-21H2,1-2H3/t13?,14?,15?,17-,18-/m0/s1. The summed E-state index contributed by atoms with van der Waals surface area (Å²) in [5, 5.41) is 10.4. The fourth-order valence-electron chi connectivity index (χ4n) is 6.33. The molecule has 5 N–H and O–H groups in total. The lowest BCUT2D eigenvalue weighted by atomic mass is 9.47. The van der Waals surface area contributed by atoms with Crippen molar-refractivity contribution in [1.29, 1.82) is 0 Å². The van der Waals surface area contributed by atoms with Crippen molar-refractivity contribution in [2.24, 2.45) is 40.1 Å². The van der Waals surface area contributed by atoms with Gasteiger partial charge >= 0.3 is 0 Å². The van der Waals surface area contributed by atoms with Crippen molar-refractivity contribution in [3.8, 4) is 0 Å². The zero-order valence-corrected chi connectivity index (χ0v) is 13.9. The molecule has 4 rings (SSSR count). The van der Waals surface area contributed by atoms with Crippen LogP contribution in [0.3, 0.4) is 0 Å². The van der Waals surface area contributed by atoms with Crippen LogP contribution in [0.2, 0.25) is 0 Å². The van der Waals surface area contributed by atoms with Crippen LogP contribution in [-0.4, -0.2) is 10.8 Å². The summed E-state index contributed by atoms with van der Waals surface area (Å²) in [6.07, 6.45) is 12.1. The molecule has 0 heterocycles. The van der Waals surface area contributed by atoms with Crippen LogP contribution in [0.4, 0.5) is 0 Å². The van der Waals surface area contributed by atoms with E-state index in [-0.39, 0.29) is 10.8 Å². The number of hydrogen-bond donors (Lipinski definition) is 3. The van der Waals surface area contributed by atoms with Gasteiger partial charge in [0.15, 0.2) is 0 Å². The minimum absolute atomic E-state index is 0.0406. The summed E-state index contributed by atoms with van der Waals surface area (Å²) in [5.41, 5.74) is 13.6. The van der Waals surface area contributed by atoms with Crippen molar-refractivity contribution in [3.63, 3.8) is 0 Å². The fourth-order valence-corrected chi connectivity index (χ4v) is 6.33. The summed E-state index contributed by atoms with van der Waals surface area (Å²) in [6.45, 7) is 4.74. The molecular weight excluding hydrogens is 272 g/mol. The topological polar surface area (TPSA) is 72.3 Å². The third-order valence-electron chi connectivity index (χ3n) is 7.80. The van der Waals surface area contributed by atoms with Crippen LogP contribution in [0.15, 0.2) is 23.5 Å². The molecule has 3 nitrogen and oxygen atoms in total. The number of hydrogen-bond acceptors (Lipinski definition) is 3. The van der Waals surface area contributed by atoms with Crippen molar-refractivity contribution < 1.29 is 5.11 Å². The Labute approximate surface area is 133 Å². The SMILES string of the molecule is C[C@]12CCC(N)(N)C=C1CCC1C2CC[C@]2(C)C(O)=CCC12. The van der Waals surface area contributed by atoms with Crippen LogP contribution in [0, 0.1) is 28.6 Å². The Bertz CT molecular complexity index is 564. The van der Waals surface area contributed by atoms with Crippen molar-refractivity contribution >= 4 is 0 Å². The van der Waals surface area contributed by atoms with Gasteiger partial charge in [-0.05, 0) is 74.2 Å². The Morgan fingerprint density at radius 1 is 1.05 bits per heavy atom. The molecule has 2 fully saturated rings. The molecule has 5 atom stereocenters. The van der Waals surface area contributed by atoms with Gasteiger partial charge in [0.1, 0.15) is 0 Å². The molecule has 0 bridgehead atoms. The number of aliphatic hydroxyl groups is 1. The second kappa shape index (κ2) is 4.39. The zero-order chi connectivity index (χ0) is 15.8. The minimum atomic E-state index is -0.599. The molecule has 0 radical (unpaired) electrons. The summed E-state index contributed by atoms with van der Waals surface area (Å²) in [7, 11) is 0. The average molecular weight is 302 g/mol. The van der Waals surface area contributed by atoms with E-state index in [0.717, 1.165) is 43.9 Å². The van der Waals surface area contributed by atoms with Gasteiger partial charge in [-0.15, -0.1) is 0 Å². The Morgan fingerprint density at radius 2 is 1.82 bits per heavy atom. The van der Waals surface area contributed by atoms with E-state index in [0.29, 0.717) is 11.7 Å². The normalized spacial score (nSPS) is 49.5. The first-order chi connectivity index (χ1) is 10.3. The second-order valence-electron chi connectivity index (χ2n) is 8.90. The van der Waals surface area contributed by atoms with E-state index in [1.165, 1.54) is 18.4 Å². The van der Waals surface area contributed by atoms with Crippen LogP contribution in [0.5, 0.6) is 0 Å². The molecule has 4 aliphatic carbocycles. The predicted molar refractivity (Wildman–Crippen MR) is 88.9 cm³/mol. The molecule has 22 heavy (non-hydrogen) atoms. The van der Waals surface area contributed by atoms with Gasteiger partial charge in [0.2, 0.25) is 0 Å². The zero-order valence-electron chi connectivity index (χ0n) is 13.9. The van der Waals surface area contributed by atoms with E-state index in [4.69, 9.17) is 11.5 Å². The first-order valence-corrected chi connectivity index (χ1v) is 8.96. The van der Waals surface area contributed by atoms with E-state index >= 15 is 0 Å². The molecule has 2 saturated carbocycles. The Hall–Kier alpha value is -0.800. The van der Waals surface area contributed by atoms with Gasteiger partial charge in [0.05, 0.1) is 11.4 Å². The molecule has 0 aliphatic heterocycles. The molecule has 0 aromatic heterocycles. The predicted octanol–water partition coefficient (Wildman–Crippen LogP) is 3.61. The molecule has 4 aliphatic rings. The number of aliphatic hydroxyl groups excluding tert-OH is 1. The lowest BCUT2D eigenvalue weighted by molar-refractivity contribution is -0.0420. The number of fused-ring (bicyclic) bond motifs is 5. The number of nitrogens with two attached hydrogens (primary N) is 2. The third kappa shape index (κ3) is 1.81. The van der Waals surface area contributed by atoms with E-state index < -0.39 is 5.66 Å². The molecule has 3 unspecified atom stereocenters. The van der Waals surface area contributed by atoms with Crippen molar-refractivity contribution in [2.45, 2.75) is 64.5 Å². The minimum Gasteiger partial charge on any atom is -0.512 e. The van der Waals surface area contributed by atoms with E-state index in [1.807, 2.05) is 0 Å². The largest absolute Gasteiger partial charge is 0.512 e. The monoisotopic (exact) mass is 302 g/mol. The smallest absolute Gasteiger partial charge is 0.0944 e. The molecule has 3 heteroatoms. The summed E-state index contributed by atoms with van der Waals surface area (Å²) in [6, 6.07) is 0. The quantitative estimate of drug-likeness (QED) is 0.473. The van der Waals surface area contributed by atoms with E-state index in [2.05, 4.69) is 26.0 Å². The van der Waals surface area contributed by atoms with E-state index in [9.17, 15) is 5.11 Å². The highest BCUT2D eigenvalue weighted by Gasteiger charge is 2.57. The summed E-state index contributed by atoms with van der Waals surface area (Å²) >= 11 is 0. The number of rotatable bonds is 0. The maximum absolute atomic E-state index is 10.4. The summed E-state index contributed by atoms with van der Waals surface area (Å²) in [5.74, 6) is 2.77. The fraction of sp³-hybridized carbons (Fsp3) is 0.789. The third-order valence-corrected chi connectivity index (χ3v) is 7.80. The van der Waals surface area contributed by atoms with Crippen LogP contribution in [0.25, 0.3) is 0 Å². The van der Waals surface area contributed by atoms with Crippen LogP contribution in [-0.2, 0) is 0 Å². The van der Waals surface area contributed by atoms with E-state index in [1.54, 1.807) is 0 Å². The molecule has 122 valence electrons. The highest BCUT2D eigenvalue weighted by atomic mass is 16.3. The summed E-state index contributed by atoms with van der Waals surface area (Å²) in [4.78, 5) is 0. The lowest BCUT2D eigenvalue weighted by Crippen LogP contribution is -2.56. The molecule has 0 amide bonds. The van der Waals surface area contributed by atoms with Crippen LogP contribution >= 0.6 is 0 Å². The van der Waals surface area contributed by atoms with Gasteiger partial charge in [0.25, 0.3) is 0 Å². The number of allylic oxidation sites excluding steroid dienone is 3.